The maximum Gasteiger partial charge on any atom is 0.297 e. The lowest BCUT2D eigenvalue weighted by Crippen LogP contribution is -2.36. The van der Waals surface area contributed by atoms with Crippen LogP contribution in [-0.2, 0) is 14.3 Å². The Morgan fingerprint density at radius 3 is 2.17 bits per heavy atom. The van der Waals surface area contributed by atoms with E-state index >= 15 is 0 Å². The van der Waals surface area contributed by atoms with Crippen molar-refractivity contribution in [2.75, 3.05) is 13.2 Å². The molecule has 0 saturated carbocycles. The van der Waals surface area contributed by atoms with Gasteiger partial charge in [-0.3, -0.25) is 4.18 Å². The SMILES string of the molecule is Cc1ccc(S(=O)(=O)O[C@H](CO)[C@H](O)CO)cc1. The summed E-state index contributed by atoms with van der Waals surface area (Å²) in [5.41, 5.74) is 0.892. The molecule has 2 atom stereocenters. The Morgan fingerprint density at radius 2 is 1.72 bits per heavy atom. The molecular formula is C11H16O6S. The lowest BCUT2D eigenvalue weighted by Gasteiger charge is -2.19. The maximum absolute atomic E-state index is 11.8. The normalized spacial score (nSPS) is 15.3. The molecule has 0 aliphatic heterocycles. The molecule has 6 nitrogen and oxygen atoms in total. The summed E-state index contributed by atoms with van der Waals surface area (Å²) in [6, 6.07) is 5.94. The summed E-state index contributed by atoms with van der Waals surface area (Å²) in [6.07, 6.45) is -2.85. The van der Waals surface area contributed by atoms with Crippen molar-refractivity contribution in [2.45, 2.75) is 24.0 Å². The zero-order chi connectivity index (χ0) is 13.8. The van der Waals surface area contributed by atoms with Crippen LogP contribution in [0.5, 0.6) is 0 Å². The number of hydrogen-bond acceptors (Lipinski definition) is 6. The van der Waals surface area contributed by atoms with Crippen molar-refractivity contribution in [3.05, 3.63) is 29.8 Å². The van der Waals surface area contributed by atoms with E-state index in [0.717, 1.165) is 5.56 Å². The second-order valence-corrected chi connectivity index (χ2v) is 5.41. The molecule has 0 saturated heterocycles. The van der Waals surface area contributed by atoms with Gasteiger partial charge in [-0.25, -0.2) is 0 Å². The second kappa shape index (κ2) is 6.26. The summed E-state index contributed by atoms with van der Waals surface area (Å²) in [7, 11) is -4.07. The summed E-state index contributed by atoms with van der Waals surface area (Å²) in [4.78, 5) is -0.0725. The van der Waals surface area contributed by atoms with Crippen molar-refractivity contribution < 1.29 is 27.9 Å². The summed E-state index contributed by atoms with van der Waals surface area (Å²) in [5, 5.41) is 26.9. The third kappa shape index (κ3) is 3.76. The van der Waals surface area contributed by atoms with Crippen LogP contribution < -0.4 is 0 Å². The highest BCUT2D eigenvalue weighted by molar-refractivity contribution is 7.86. The molecule has 0 aliphatic rings. The molecule has 0 heterocycles. The Hall–Kier alpha value is -0.990. The lowest BCUT2D eigenvalue weighted by atomic mass is 10.2. The molecule has 0 fully saturated rings. The lowest BCUT2D eigenvalue weighted by molar-refractivity contribution is -0.0226. The molecule has 0 unspecified atom stereocenters. The van der Waals surface area contributed by atoms with Gasteiger partial charge in [0.05, 0.1) is 18.1 Å². The van der Waals surface area contributed by atoms with Crippen LogP contribution in [0.2, 0.25) is 0 Å². The van der Waals surface area contributed by atoms with Crippen LogP contribution >= 0.6 is 0 Å². The highest BCUT2D eigenvalue weighted by Gasteiger charge is 2.26. The summed E-state index contributed by atoms with van der Waals surface area (Å²) >= 11 is 0. The molecule has 3 N–H and O–H groups in total. The van der Waals surface area contributed by atoms with Gasteiger partial charge in [-0.05, 0) is 19.1 Å². The van der Waals surface area contributed by atoms with Gasteiger partial charge in [-0.2, -0.15) is 8.42 Å². The fourth-order valence-corrected chi connectivity index (χ4v) is 2.35. The van der Waals surface area contributed by atoms with Crippen LogP contribution in [0.3, 0.4) is 0 Å². The Bertz CT molecular complexity index is 467. The molecule has 0 aliphatic carbocycles. The predicted octanol–water partition coefficient (Wildman–Crippen LogP) is -0.586. The molecule has 1 aromatic carbocycles. The first-order chi connectivity index (χ1) is 8.40. The summed E-state index contributed by atoms with van der Waals surface area (Å²) in [6.45, 7) is 0.394. The Balaban J connectivity index is 2.90. The molecule has 18 heavy (non-hydrogen) atoms. The first kappa shape index (κ1) is 15.1. The van der Waals surface area contributed by atoms with Crippen molar-refractivity contribution in [1.82, 2.24) is 0 Å². The second-order valence-electron chi connectivity index (χ2n) is 3.83. The zero-order valence-electron chi connectivity index (χ0n) is 9.85. The van der Waals surface area contributed by atoms with E-state index in [-0.39, 0.29) is 4.90 Å². The third-order valence-electron chi connectivity index (χ3n) is 2.36. The van der Waals surface area contributed by atoms with Crippen LogP contribution in [0.4, 0.5) is 0 Å². The molecular weight excluding hydrogens is 260 g/mol. The molecule has 0 amide bonds. The molecule has 1 rings (SSSR count). The smallest absolute Gasteiger partial charge is 0.297 e. The van der Waals surface area contributed by atoms with Crippen molar-refractivity contribution in [3.63, 3.8) is 0 Å². The topological polar surface area (TPSA) is 104 Å². The summed E-state index contributed by atoms with van der Waals surface area (Å²) < 4.78 is 28.3. The number of rotatable bonds is 6. The minimum atomic E-state index is -4.07. The van der Waals surface area contributed by atoms with Crippen molar-refractivity contribution >= 4 is 10.1 Å². The van der Waals surface area contributed by atoms with Gasteiger partial charge in [-0.15, -0.1) is 0 Å². The van der Waals surface area contributed by atoms with Crippen LogP contribution in [-0.4, -0.2) is 49.2 Å². The molecule has 0 aromatic heterocycles. The monoisotopic (exact) mass is 276 g/mol. The van der Waals surface area contributed by atoms with E-state index in [1.807, 2.05) is 6.92 Å². The van der Waals surface area contributed by atoms with Gasteiger partial charge in [0.1, 0.15) is 12.2 Å². The van der Waals surface area contributed by atoms with Gasteiger partial charge in [0.25, 0.3) is 10.1 Å². The highest BCUT2D eigenvalue weighted by atomic mass is 32.2. The first-order valence-electron chi connectivity index (χ1n) is 5.30. The standard InChI is InChI=1S/C11H16O6S/c1-8-2-4-9(5-3-8)18(15,16)17-11(7-13)10(14)6-12/h2-5,10-14H,6-7H2,1H3/t10-,11-/m1/s1. The van der Waals surface area contributed by atoms with Crippen molar-refractivity contribution in [1.29, 1.82) is 0 Å². The number of hydrogen-bond donors (Lipinski definition) is 3. The largest absolute Gasteiger partial charge is 0.394 e. The maximum atomic E-state index is 11.8. The van der Waals surface area contributed by atoms with E-state index in [9.17, 15) is 13.5 Å². The quantitative estimate of drug-likeness (QED) is 0.600. The summed E-state index contributed by atoms with van der Waals surface area (Å²) in [5.74, 6) is 0. The molecule has 0 spiro atoms. The third-order valence-corrected chi connectivity index (χ3v) is 3.71. The Kier molecular flexibility index (Phi) is 5.24. The minimum Gasteiger partial charge on any atom is -0.394 e. The Morgan fingerprint density at radius 1 is 1.17 bits per heavy atom. The van der Waals surface area contributed by atoms with Crippen LogP contribution in [0.15, 0.2) is 29.2 Å². The fourth-order valence-electron chi connectivity index (χ4n) is 1.26. The number of benzene rings is 1. The molecule has 0 bridgehead atoms. The van der Waals surface area contributed by atoms with Gasteiger partial charge in [0, 0.05) is 0 Å². The van der Waals surface area contributed by atoms with Crippen molar-refractivity contribution in [2.24, 2.45) is 0 Å². The predicted molar refractivity (Wildman–Crippen MR) is 63.4 cm³/mol. The number of aliphatic hydroxyl groups is 3. The number of aryl methyl sites for hydroxylation is 1. The van der Waals surface area contributed by atoms with Crippen LogP contribution in [0, 0.1) is 6.92 Å². The molecule has 102 valence electrons. The first-order valence-corrected chi connectivity index (χ1v) is 6.71. The molecule has 0 radical (unpaired) electrons. The average Bonchev–Trinajstić information content (AvgIpc) is 2.35. The van der Waals surface area contributed by atoms with E-state index in [1.54, 1.807) is 12.1 Å². The molecule has 1 aromatic rings. The van der Waals surface area contributed by atoms with Gasteiger partial charge >= 0.3 is 0 Å². The van der Waals surface area contributed by atoms with Gasteiger partial charge in [-0.1, -0.05) is 17.7 Å². The van der Waals surface area contributed by atoms with E-state index in [2.05, 4.69) is 4.18 Å². The van der Waals surface area contributed by atoms with Gasteiger partial charge in [0.15, 0.2) is 0 Å². The Labute approximate surface area is 106 Å². The zero-order valence-corrected chi connectivity index (χ0v) is 10.7. The van der Waals surface area contributed by atoms with E-state index in [4.69, 9.17) is 10.2 Å². The highest BCUT2D eigenvalue weighted by Crippen LogP contribution is 2.16. The number of aliphatic hydroxyl groups excluding tert-OH is 3. The van der Waals surface area contributed by atoms with Gasteiger partial charge < -0.3 is 15.3 Å². The minimum absolute atomic E-state index is 0.0725. The van der Waals surface area contributed by atoms with Crippen molar-refractivity contribution in [3.8, 4) is 0 Å². The fraction of sp³-hybridized carbons (Fsp3) is 0.455. The average molecular weight is 276 g/mol. The van der Waals surface area contributed by atoms with E-state index in [1.165, 1.54) is 12.1 Å². The van der Waals surface area contributed by atoms with Gasteiger partial charge in [0.2, 0.25) is 0 Å². The van der Waals surface area contributed by atoms with Crippen LogP contribution in [0.25, 0.3) is 0 Å². The van der Waals surface area contributed by atoms with E-state index < -0.39 is 35.5 Å². The molecule has 7 heteroatoms. The van der Waals surface area contributed by atoms with Crippen LogP contribution in [0.1, 0.15) is 5.56 Å². The van der Waals surface area contributed by atoms with E-state index in [0.29, 0.717) is 0 Å².